The lowest BCUT2D eigenvalue weighted by Crippen LogP contribution is -2.04. The van der Waals surface area contributed by atoms with E-state index in [1.165, 1.54) is 11.1 Å². The van der Waals surface area contributed by atoms with E-state index in [0.717, 1.165) is 77.4 Å². The van der Waals surface area contributed by atoms with Crippen LogP contribution in [-0.2, 0) is 0 Å². The van der Waals surface area contributed by atoms with Crippen LogP contribution in [0.25, 0.3) is 94.5 Å². The van der Waals surface area contributed by atoms with Gasteiger partial charge in [0.25, 0.3) is 0 Å². The van der Waals surface area contributed by atoms with Crippen molar-refractivity contribution in [3.05, 3.63) is 176 Å². The fourth-order valence-electron chi connectivity index (χ4n) is 7.20. The molecule has 0 aliphatic carbocycles. The summed E-state index contributed by atoms with van der Waals surface area (Å²) in [6, 6.07) is 61.3. The fraction of sp³-hybridized carbons (Fsp3) is 0. The van der Waals surface area contributed by atoms with Crippen LogP contribution in [0.3, 0.4) is 0 Å². The van der Waals surface area contributed by atoms with Gasteiger partial charge in [-0.2, -0.15) is 0 Å². The highest BCUT2D eigenvalue weighted by molar-refractivity contribution is 6.21. The van der Waals surface area contributed by atoms with E-state index in [4.69, 9.17) is 14.4 Å². The molecule has 0 atom stereocenters. The normalized spacial score (nSPS) is 11.6. The van der Waals surface area contributed by atoms with E-state index in [9.17, 15) is 0 Å². The van der Waals surface area contributed by atoms with Crippen LogP contribution in [0.5, 0.6) is 0 Å². The second-order valence-corrected chi connectivity index (χ2v) is 12.6. The van der Waals surface area contributed by atoms with Gasteiger partial charge >= 0.3 is 0 Å². The predicted octanol–water partition coefficient (Wildman–Crippen LogP) is 12.1. The van der Waals surface area contributed by atoms with Crippen LogP contribution in [0.4, 0.5) is 0 Å². The topological polar surface area (TPSA) is 43.9 Å². The summed E-state index contributed by atoms with van der Waals surface area (Å²) in [5, 5.41) is 4.39. The third kappa shape index (κ3) is 4.61. The molecule has 4 nitrogen and oxygen atoms in total. The number of aromatic nitrogens is 3. The number of hydrogen-bond acceptors (Lipinski definition) is 3. The molecule has 0 aliphatic heterocycles. The lowest BCUT2D eigenvalue weighted by atomic mass is 10.0. The maximum atomic E-state index is 6.62. The number of fused-ring (bicyclic) bond motifs is 7. The van der Waals surface area contributed by atoms with Crippen molar-refractivity contribution < 1.29 is 4.42 Å². The largest absolute Gasteiger partial charge is 0.454 e. The summed E-state index contributed by atoms with van der Waals surface area (Å²) in [7, 11) is 0. The van der Waals surface area contributed by atoms with Gasteiger partial charge in [0.15, 0.2) is 5.58 Å². The van der Waals surface area contributed by atoms with Crippen molar-refractivity contribution >= 4 is 43.7 Å². The Labute approximate surface area is 288 Å². The van der Waals surface area contributed by atoms with E-state index in [2.05, 4.69) is 156 Å². The zero-order valence-electron chi connectivity index (χ0n) is 27.0. The fourth-order valence-corrected chi connectivity index (χ4v) is 7.20. The molecular formula is C46H29N3O. The summed E-state index contributed by atoms with van der Waals surface area (Å²) in [6.45, 7) is 0. The van der Waals surface area contributed by atoms with E-state index < -0.39 is 0 Å². The summed E-state index contributed by atoms with van der Waals surface area (Å²) in [6.07, 6.45) is 0. The van der Waals surface area contributed by atoms with Crippen LogP contribution >= 0.6 is 0 Å². The number of para-hydroxylation sites is 2. The van der Waals surface area contributed by atoms with Crippen LogP contribution in [-0.4, -0.2) is 14.5 Å². The van der Waals surface area contributed by atoms with Gasteiger partial charge in [-0.3, -0.25) is 4.57 Å². The molecule has 10 rings (SSSR count). The Morgan fingerprint density at radius 3 is 1.48 bits per heavy atom. The van der Waals surface area contributed by atoms with E-state index in [1.807, 2.05) is 24.3 Å². The van der Waals surface area contributed by atoms with Crippen molar-refractivity contribution in [2.24, 2.45) is 0 Å². The Morgan fingerprint density at radius 1 is 0.380 bits per heavy atom. The lowest BCUT2D eigenvalue weighted by molar-refractivity contribution is 0.670. The molecule has 3 aromatic heterocycles. The zero-order chi connectivity index (χ0) is 33.0. The highest BCUT2D eigenvalue weighted by Crippen LogP contribution is 2.40. The van der Waals surface area contributed by atoms with E-state index >= 15 is 0 Å². The quantitative estimate of drug-likeness (QED) is 0.188. The Hall–Kier alpha value is -6.78. The molecule has 7 aromatic carbocycles. The Bertz CT molecular complexity index is 2730. The van der Waals surface area contributed by atoms with Crippen molar-refractivity contribution in [1.29, 1.82) is 0 Å². The number of benzene rings is 7. The molecule has 0 amide bonds. The first-order chi connectivity index (χ1) is 24.8. The third-order valence-corrected chi connectivity index (χ3v) is 9.67. The second kappa shape index (κ2) is 11.4. The van der Waals surface area contributed by atoms with Gasteiger partial charge in [-0.05, 0) is 46.5 Å². The molecule has 0 fully saturated rings. The van der Waals surface area contributed by atoms with E-state index in [1.54, 1.807) is 0 Å². The van der Waals surface area contributed by atoms with Gasteiger partial charge in [-0.25, -0.2) is 9.97 Å². The second-order valence-electron chi connectivity index (χ2n) is 12.6. The lowest BCUT2D eigenvalue weighted by Gasteiger charge is -2.12. The van der Waals surface area contributed by atoms with Gasteiger partial charge in [0.2, 0.25) is 5.95 Å². The summed E-state index contributed by atoms with van der Waals surface area (Å²) in [5.74, 6) is 0.593. The zero-order valence-corrected chi connectivity index (χ0v) is 27.0. The standard InChI is InChI=1S/C46H29N3O/c1-3-11-30(12-4-1)32-19-23-34(24-20-32)40-29-41(35-25-21-33(22-26-35)31-13-5-2-6-14-31)48-46(47-40)49-42-17-9-7-15-36(42)38-27-28-39-37-16-8-10-18-43(37)50-45(39)44(38)49/h1-29H. The molecule has 4 heteroatoms. The molecule has 0 saturated heterocycles. The van der Waals surface area contributed by atoms with Crippen molar-refractivity contribution in [2.45, 2.75) is 0 Å². The van der Waals surface area contributed by atoms with Crippen molar-refractivity contribution in [3.8, 4) is 50.7 Å². The monoisotopic (exact) mass is 639 g/mol. The molecule has 3 heterocycles. The SMILES string of the molecule is c1ccc(-c2ccc(-c3cc(-c4ccc(-c5ccccc5)cc4)nc(-n4c5ccccc5c5ccc6c7ccccc7oc6c54)n3)cc2)cc1. The van der Waals surface area contributed by atoms with Gasteiger partial charge in [0.1, 0.15) is 11.1 Å². The summed E-state index contributed by atoms with van der Waals surface area (Å²) in [5.41, 5.74) is 12.1. The number of nitrogens with zero attached hydrogens (tertiary/aromatic N) is 3. The molecular weight excluding hydrogens is 611 g/mol. The Kier molecular flexibility index (Phi) is 6.46. The minimum atomic E-state index is 0.593. The van der Waals surface area contributed by atoms with Crippen LogP contribution in [0.2, 0.25) is 0 Å². The molecule has 0 unspecified atom stereocenters. The maximum Gasteiger partial charge on any atom is 0.235 e. The molecule has 10 aromatic rings. The Balaban J connectivity index is 1.22. The predicted molar refractivity (Wildman–Crippen MR) is 205 cm³/mol. The molecule has 0 N–H and O–H groups in total. The van der Waals surface area contributed by atoms with Crippen LogP contribution in [0.15, 0.2) is 180 Å². The highest BCUT2D eigenvalue weighted by atomic mass is 16.3. The number of rotatable bonds is 5. The van der Waals surface area contributed by atoms with Crippen molar-refractivity contribution in [2.75, 3.05) is 0 Å². The van der Waals surface area contributed by atoms with Gasteiger partial charge in [0, 0.05) is 32.7 Å². The first-order valence-electron chi connectivity index (χ1n) is 16.8. The number of hydrogen-bond donors (Lipinski definition) is 0. The van der Waals surface area contributed by atoms with Gasteiger partial charge in [-0.1, -0.05) is 152 Å². The van der Waals surface area contributed by atoms with Gasteiger partial charge in [-0.15, -0.1) is 0 Å². The summed E-state index contributed by atoms with van der Waals surface area (Å²) in [4.78, 5) is 10.6. The molecule has 50 heavy (non-hydrogen) atoms. The van der Waals surface area contributed by atoms with Gasteiger partial charge < -0.3 is 4.42 Å². The van der Waals surface area contributed by atoms with E-state index in [-0.39, 0.29) is 0 Å². The minimum Gasteiger partial charge on any atom is -0.454 e. The third-order valence-electron chi connectivity index (χ3n) is 9.67. The molecule has 0 radical (unpaired) electrons. The average molecular weight is 640 g/mol. The van der Waals surface area contributed by atoms with Crippen molar-refractivity contribution in [1.82, 2.24) is 14.5 Å². The molecule has 0 spiro atoms. The van der Waals surface area contributed by atoms with Crippen LogP contribution in [0.1, 0.15) is 0 Å². The van der Waals surface area contributed by atoms with Crippen molar-refractivity contribution in [3.63, 3.8) is 0 Å². The minimum absolute atomic E-state index is 0.593. The van der Waals surface area contributed by atoms with Crippen LogP contribution in [0, 0.1) is 0 Å². The molecule has 0 aliphatic rings. The average Bonchev–Trinajstić information content (AvgIpc) is 3.75. The van der Waals surface area contributed by atoms with E-state index in [0.29, 0.717) is 5.95 Å². The van der Waals surface area contributed by atoms with Gasteiger partial charge in [0.05, 0.1) is 16.9 Å². The Morgan fingerprint density at radius 2 is 0.860 bits per heavy atom. The highest BCUT2D eigenvalue weighted by Gasteiger charge is 2.21. The first kappa shape index (κ1) is 28.3. The molecule has 0 bridgehead atoms. The first-order valence-corrected chi connectivity index (χ1v) is 16.8. The summed E-state index contributed by atoms with van der Waals surface area (Å²) < 4.78 is 8.80. The maximum absolute atomic E-state index is 6.62. The molecule has 0 saturated carbocycles. The number of furan rings is 1. The molecule has 234 valence electrons. The van der Waals surface area contributed by atoms with Crippen LogP contribution < -0.4 is 0 Å². The smallest absolute Gasteiger partial charge is 0.235 e. The summed E-state index contributed by atoms with van der Waals surface area (Å²) >= 11 is 0.